The summed E-state index contributed by atoms with van der Waals surface area (Å²) in [6.07, 6.45) is 0. The third kappa shape index (κ3) is 2.67. The Labute approximate surface area is 152 Å². The van der Waals surface area contributed by atoms with Gasteiger partial charge in [0.25, 0.3) is 11.1 Å². The molecule has 4 rings (SSSR count). The molecule has 0 radical (unpaired) electrons. The van der Waals surface area contributed by atoms with Crippen molar-refractivity contribution in [3.05, 3.63) is 62.6 Å². The lowest BCUT2D eigenvalue weighted by atomic mass is 10.5. The van der Waals surface area contributed by atoms with E-state index in [2.05, 4.69) is 19.9 Å². The van der Waals surface area contributed by atoms with Gasteiger partial charge in [0.1, 0.15) is 11.3 Å². The molecule has 148 valence electrons. The minimum Gasteiger partial charge on any atom is -0.300 e. The first-order chi connectivity index (χ1) is 13.0. The summed E-state index contributed by atoms with van der Waals surface area (Å²) in [5.41, 5.74) is -2.33. The predicted molar refractivity (Wildman–Crippen MR) is 98.8 cm³/mol. The van der Waals surface area contributed by atoms with E-state index in [4.69, 9.17) is 0 Å². The van der Waals surface area contributed by atoms with E-state index >= 15 is 0 Å². The molecule has 28 heavy (non-hydrogen) atoms. The summed E-state index contributed by atoms with van der Waals surface area (Å²) in [6, 6.07) is 0. The molecule has 4 aromatic heterocycles. The highest BCUT2D eigenvalue weighted by molar-refractivity contribution is 5.69. The van der Waals surface area contributed by atoms with Crippen LogP contribution in [0.15, 0.2) is 28.8 Å². The topological polar surface area (TPSA) is 185 Å². The van der Waals surface area contributed by atoms with Crippen LogP contribution < -0.4 is 33.9 Å². The monoisotopic (exact) mass is 392 g/mol. The van der Waals surface area contributed by atoms with Crippen molar-refractivity contribution in [3.63, 3.8) is 0 Å². The first-order valence-electron chi connectivity index (χ1n) is 7.80. The number of nitrogens with one attached hydrogen (secondary N) is 4. The van der Waals surface area contributed by atoms with Crippen LogP contribution >= 0.6 is 0 Å². The molecule has 0 saturated carbocycles. The summed E-state index contributed by atoms with van der Waals surface area (Å²) in [5.74, 6) is 0. The normalized spacial score (nSPS) is 11.0. The largest absolute Gasteiger partial charge is 0.332 e. The van der Waals surface area contributed by atoms with Crippen molar-refractivity contribution in [2.45, 2.75) is 0 Å². The Morgan fingerprint density at radius 1 is 0.500 bits per heavy atom. The van der Waals surface area contributed by atoms with Crippen molar-refractivity contribution in [2.24, 2.45) is 28.2 Å². The second-order valence-electron chi connectivity index (χ2n) is 6.02. The SMILES string of the molecule is Cn1c(=O)c2[nH]c(=O)[nH]c2n(C)c1=O.Cn1c(=O)c2[nH]c(=O)[nH]c2n(C)c1=O. The Balaban J connectivity index is 0.000000161. The molecular formula is C14H16N8O6. The zero-order chi connectivity index (χ0) is 20.9. The van der Waals surface area contributed by atoms with E-state index in [1.165, 1.54) is 37.3 Å². The van der Waals surface area contributed by atoms with Gasteiger partial charge in [0.2, 0.25) is 0 Å². The number of fused-ring (bicyclic) bond motifs is 2. The molecule has 0 bridgehead atoms. The average molecular weight is 392 g/mol. The van der Waals surface area contributed by atoms with Crippen LogP contribution in [0.4, 0.5) is 0 Å². The van der Waals surface area contributed by atoms with Crippen molar-refractivity contribution in [2.75, 3.05) is 0 Å². The van der Waals surface area contributed by atoms with E-state index in [1.54, 1.807) is 0 Å². The first kappa shape index (κ1) is 18.7. The predicted octanol–water partition coefficient (Wildman–Crippen LogP) is -3.49. The molecule has 0 atom stereocenters. The highest BCUT2D eigenvalue weighted by Crippen LogP contribution is 1.95. The second-order valence-corrected chi connectivity index (χ2v) is 6.02. The van der Waals surface area contributed by atoms with Crippen LogP contribution in [0.25, 0.3) is 22.3 Å². The molecule has 0 spiro atoms. The van der Waals surface area contributed by atoms with Gasteiger partial charge in [-0.15, -0.1) is 0 Å². The lowest BCUT2D eigenvalue weighted by Crippen LogP contribution is -2.36. The number of aryl methyl sites for hydroxylation is 2. The van der Waals surface area contributed by atoms with Crippen LogP contribution in [0.3, 0.4) is 0 Å². The van der Waals surface area contributed by atoms with Gasteiger partial charge in [-0.05, 0) is 0 Å². The molecule has 0 aliphatic rings. The maximum Gasteiger partial charge on any atom is 0.332 e. The molecular weight excluding hydrogens is 376 g/mol. The molecule has 0 fully saturated rings. The summed E-state index contributed by atoms with van der Waals surface area (Å²) in [7, 11) is 5.67. The van der Waals surface area contributed by atoms with Crippen LogP contribution in [0.5, 0.6) is 0 Å². The molecule has 0 aliphatic carbocycles. The number of rotatable bonds is 0. The minimum atomic E-state index is -0.513. The Morgan fingerprint density at radius 3 is 1.14 bits per heavy atom. The highest BCUT2D eigenvalue weighted by atomic mass is 16.2. The molecule has 0 saturated heterocycles. The Morgan fingerprint density at radius 2 is 0.821 bits per heavy atom. The third-order valence-electron chi connectivity index (χ3n) is 4.27. The van der Waals surface area contributed by atoms with Gasteiger partial charge in [-0.2, -0.15) is 0 Å². The maximum atomic E-state index is 11.5. The molecule has 4 aromatic rings. The van der Waals surface area contributed by atoms with Crippen molar-refractivity contribution in [3.8, 4) is 0 Å². The van der Waals surface area contributed by atoms with Gasteiger partial charge in [0.05, 0.1) is 0 Å². The fourth-order valence-electron chi connectivity index (χ4n) is 2.71. The third-order valence-corrected chi connectivity index (χ3v) is 4.27. The Kier molecular flexibility index (Phi) is 4.17. The smallest absolute Gasteiger partial charge is 0.300 e. The number of imidazole rings is 2. The van der Waals surface area contributed by atoms with Crippen LogP contribution in [-0.4, -0.2) is 38.2 Å². The van der Waals surface area contributed by atoms with Crippen molar-refractivity contribution >= 4 is 22.3 Å². The number of aromatic nitrogens is 8. The summed E-state index contributed by atoms with van der Waals surface area (Å²) < 4.78 is 4.28. The number of aromatic amines is 4. The van der Waals surface area contributed by atoms with Crippen LogP contribution in [0, 0.1) is 0 Å². The lowest BCUT2D eigenvalue weighted by molar-refractivity contribution is 0.708. The van der Waals surface area contributed by atoms with Gasteiger partial charge in [0, 0.05) is 28.2 Å². The number of nitrogens with zero attached hydrogens (tertiary/aromatic N) is 4. The highest BCUT2D eigenvalue weighted by Gasteiger charge is 2.11. The van der Waals surface area contributed by atoms with Crippen molar-refractivity contribution in [1.82, 2.24) is 38.2 Å². The van der Waals surface area contributed by atoms with E-state index in [1.807, 2.05) is 0 Å². The van der Waals surface area contributed by atoms with E-state index in [-0.39, 0.29) is 22.3 Å². The molecule has 0 amide bonds. The number of hydrogen-bond acceptors (Lipinski definition) is 6. The van der Waals surface area contributed by atoms with Gasteiger partial charge in [-0.25, -0.2) is 19.2 Å². The fraction of sp³-hybridized carbons (Fsp3) is 0.286. The number of H-pyrrole nitrogens is 4. The zero-order valence-corrected chi connectivity index (χ0v) is 15.2. The van der Waals surface area contributed by atoms with E-state index in [0.29, 0.717) is 0 Å². The van der Waals surface area contributed by atoms with E-state index in [9.17, 15) is 28.8 Å². The molecule has 0 aromatic carbocycles. The summed E-state index contributed by atoms with van der Waals surface area (Å²) in [5, 5.41) is 0. The first-order valence-corrected chi connectivity index (χ1v) is 7.80. The van der Waals surface area contributed by atoms with Gasteiger partial charge >= 0.3 is 22.8 Å². The van der Waals surface area contributed by atoms with E-state index < -0.39 is 33.9 Å². The average Bonchev–Trinajstić information content (AvgIpc) is 3.25. The van der Waals surface area contributed by atoms with Crippen molar-refractivity contribution in [1.29, 1.82) is 0 Å². The summed E-state index contributed by atoms with van der Waals surface area (Å²) in [4.78, 5) is 77.0. The molecule has 14 heteroatoms. The van der Waals surface area contributed by atoms with Gasteiger partial charge in [0.15, 0.2) is 11.0 Å². The fourth-order valence-corrected chi connectivity index (χ4v) is 2.71. The molecule has 0 aliphatic heterocycles. The Hall–Kier alpha value is -4.10. The number of hydrogen-bond donors (Lipinski definition) is 4. The van der Waals surface area contributed by atoms with Gasteiger partial charge < -0.3 is 0 Å². The van der Waals surface area contributed by atoms with Crippen LogP contribution in [-0.2, 0) is 28.2 Å². The zero-order valence-electron chi connectivity index (χ0n) is 15.2. The molecule has 4 heterocycles. The molecule has 0 unspecified atom stereocenters. The second kappa shape index (κ2) is 6.26. The standard InChI is InChI=1S/2C7H8N4O3/c2*1-10-4-3(8-6(13)9-4)5(12)11(2)7(10)14/h2*1-2H3,(H2,8,9,13). The molecule has 4 N–H and O–H groups in total. The van der Waals surface area contributed by atoms with Crippen LogP contribution in [0.1, 0.15) is 0 Å². The van der Waals surface area contributed by atoms with E-state index in [0.717, 1.165) is 9.13 Å². The minimum absolute atomic E-state index is 0.111. The summed E-state index contributed by atoms with van der Waals surface area (Å²) in [6.45, 7) is 0. The van der Waals surface area contributed by atoms with Gasteiger partial charge in [-0.3, -0.25) is 47.8 Å². The molecule has 14 nitrogen and oxygen atoms in total. The van der Waals surface area contributed by atoms with Gasteiger partial charge in [-0.1, -0.05) is 0 Å². The maximum absolute atomic E-state index is 11.5. The summed E-state index contributed by atoms with van der Waals surface area (Å²) >= 11 is 0. The Bertz CT molecular complexity index is 1460. The quantitative estimate of drug-likeness (QED) is 0.240. The van der Waals surface area contributed by atoms with Crippen LogP contribution in [0.2, 0.25) is 0 Å². The lowest BCUT2D eigenvalue weighted by Gasteiger charge is -2.01. The van der Waals surface area contributed by atoms with Crippen molar-refractivity contribution < 1.29 is 0 Å².